The minimum absolute atomic E-state index is 0.0434. The molecule has 0 saturated heterocycles. The third-order valence-electron chi connectivity index (χ3n) is 2.02. The van der Waals surface area contributed by atoms with Crippen LogP contribution in [-0.4, -0.2) is 16.1 Å². The number of rotatable bonds is 2. The van der Waals surface area contributed by atoms with Crippen LogP contribution in [0.15, 0.2) is 18.2 Å². The first kappa shape index (κ1) is 11.8. The Bertz CT molecular complexity index is 600. The van der Waals surface area contributed by atoms with E-state index in [0.717, 1.165) is 17.4 Å². The van der Waals surface area contributed by atoms with Crippen molar-refractivity contribution in [2.24, 2.45) is 0 Å². The summed E-state index contributed by atoms with van der Waals surface area (Å²) in [5.74, 6) is -1.80. The highest BCUT2D eigenvalue weighted by Gasteiger charge is 2.17. The summed E-state index contributed by atoms with van der Waals surface area (Å²) in [4.78, 5) is 14.5. The number of nitrogen functional groups attached to an aromatic ring is 1. The van der Waals surface area contributed by atoms with Gasteiger partial charge in [-0.15, -0.1) is 0 Å². The Morgan fingerprint density at radius 3 is 2.76 bits per heavy atom. The molecule has 4 nitrogen and oxygen atoms in total. The van der Waals surface area contributed by atoms with E-state index in [0.29, 0.717) is 0 Å². The molecule has 0 atom stereocenters. The normalized spacial score (nSPS) is 10.5. The number of nitrogens with two attached hydrogens (primary N) is 1. The third-order valence-corrected chi connectivity index (χ3v) is 3.17. The van der Waals surface area contributed by atoms with Crippen molar-refractivity contribution < 1.29 is 14.3 Å². The molecule has 0 spiro atoms. The number of benzene rings is 1. The number of hydrogen-bond acceptors (Lipinski definition) is 4. The number of aromatic nitrogens is 1. The zero-order valence-electron chi connectivity index (χ0n) is 8.28. The molecule has 0 unspecified atom stereocenters. The maximum Gasteiger partial charge on any atom is 0.357 e. The molecule has 1 aromatic carbocycles. The molecule has 88 valence electrons. The Hall–Kier alpha value is -1.66. The van der Waals surface area contributed by atoms with Gasteiger partial charge in [-0.1, -0.05) is 22.9 Å². The number of hydrogen-bond donors (Lipinski definition) is 2. The number of carboxylic acids is 1. The van der Waals surface area contributed by atoms with Crippen molar-refractivity contribution in [3.05, 3.63) is 34.7 Å². The molecule has 7 heteroatoms. The molecule has 0 aliphatic rings. The van der Waals surface area contributed by atoms with Crippen molar-refractivity contribution in [2.75, 3.05) is 5.73 Å². The molecule has 1 heterocycles. The van der Waals surface area contributed by atoms with Crippen molar-refractivity contribution in [3.8, 4) is 10.6 Å². The van der Waals surface area contributed by atoms with Crippen LogP contribution in [0.5, 0.6) is 0 Å². The highest BCUT2D eigenvalue weighted by atomic mass is 35.5. The van der Waals surface area contributed by atoms with Crippen LogP contribution in [-0.2, 0) is 0 Å². The lowest BCUT2D eigenvalue weighted by molar-refractivity contribution is 0.0692. The fourth-order valence-electron chi connectivity index (χ4n) is 1.26. The van der Waals surface area contributed by atoms with Gasteiger partial charge >= 0.3 is 5.97 Å². The van der Waals surface area contributed by atoms with Gasteiger partial charge in [-0.3, -0.25) is 0 Å². The second kappa shape index (κ2) is 4.31. The van der Waals surface area contributed by atoms with Gasteiger partial charge in [0.2, 0.25) is 0 Å². The van der Waals surface area contributed by atoms with E-state index in [4.69, 9.17) is 22.4 Å². The number of halogens is 2. The molecule has 2 aromatic rings. The standard InChI is InChI=1S/C10H6ClFN2O2S/c11-4-1-2-5(6(12)3-4)9-14-7(10(15)16)8(13)17-9/h1-3H,13H2,(H,15,16). The summed E-state index contributed by atoms with van der Waals surface area (Å²) in [5, 5.41) is 9.31. The quantitative estimate of drug-likeness (QED) is 0.881. The zero-order chi connectivity index (χ0) is 12.6. The first-order valence-electron chi connectivity index (χ1n) is 4.44. The van der Waals surface area contributed by atoms with Gasteiger partial charge in [0.15, 0.2) is 5.69 Å². The van der Waals surface area contributed by atoms with E-state index in [1.807, 2.05) is 0 Å². The molecule has 0 aliphatic carbocycles. The lowest BCUT2D eigenvalue weighted by Crippen LogP contribution is -2.00. The SMILES string of the molecule is Nc1sc(-c2ccc(Cl)cc2F)nc1C(=O)O. The summed E-state index contributed by atoms with van der Waals surface area (Å²) in [6.07, 6.45) is 0. The second-order valence-corrected chi connectivity index (χ2v) is 4.63. The Morgan fingerprint density at radius 1 is 1.53 bits per heavy atom. The molecule has 0 fully saturated rings. The van der Waals surface area contributed by atoms with E-state index in [-0.39, 0.29) is 26.3 Å². The van der Waals surface area contributed by atoms with Crippen molar-refractivity contribution in [3.63, 3.8) is 0 Å². The fraction of sp³-hybridized carbons (Fsp3) is 0. The lowest BCUT2D eigenvalue weighted by atomic mass is 10.2. The predicted molar refractivity (Wildman–Crippen MR) is 63.9 cm³/mol. The Balaban J connectivity index is 2.53. The lowest BCUT2D eigenvalue weighted by Gasteiger charge is -1.98. The molecular formula is C10H6ClFN2O2S. The van der Waals surface area contributed by atoms with Crippen LogP contribution in [0, 0.1) is 5.82 Å². The summed E-state index contributed by atoms with van der Waals surface area (Å²) in [5.41, 5.74) is 5.40. The zero-order valence-corrected chi connectivity index (χ0v) is 9.85. The van der Waals surface area contributed by atoms with Crippen molar-refractivity contribution in [2.45, 2.75) is 0 Å². The number of aromatic carboxylic acids is 1. The monoisotopic (exact) mass is 272 g/mol. The first-order chi connectivity index (χ1) is 7.99. The summed E-state index contributed by atoms with van der Waals surface area (Å²) in [6, 6.07) is 4.06. The van der Waals surface area contributed by atoms with Crippen LogP contribution in [0.4, 0.5) is 9.39 Å². The fourth-order valence-corrected chi connectivity index (χ4v) is 2.27. The van der Waals surface area contributed by atoms with E-state index >= 15 is 0 Å². The van der Waals surface area contributed by atoms with E-state index in [2.05, 4.69) is 4.98 Å². The number of carbonyl (C=O) groups is 1. The molecule has 17 heavy (non-hydrogen) atoms. The molecule has 2 rings (SSSR count). The van der Waals surface area contributed by atoms with Crippen LogP contribution in [0.25, 0.3) is 10.6 Å². The summed E-state index contributed by atoms with van der Waals surface area (Å²) in [7, 11) is 0. The van der Waals surface area contributed by atoms with E-state index in [1.54, 1.807) is 0 Å². The van der Waals surface area contributed by atoms with Gasteiger partial charge in [-0.05, 0) is 18.2 Å². The summed E-state index contributed by atoms with van der Waals surface area (Å²) < 4.78 is 13.6. The van der Waals surface area contributed by atoms with E-state index in [1.165, 1.54) is 12.1 Å². The maximum atomic E-state index is 13.6. The molecule has 3 N–H and O–H groups in total. The molecule has 0 amide bonds. The van der Waals surface area contributed by atoms with Crippen LogP contribution in [0.2, 0.25) is 5.02 Å². The molecule has 0 aliphatic heterocycles. The number of carboxylic acid groups (broad SMARTS) is 1. The van der Waals surface area contributed by atoms with Crippen LogP contribution >= 0.6 is 22.9 Å². The number of thiazole rings is 1. The summed E-state index contributed by atoms with van der Waals surface area (Å²) in [6.45, 7) is 0. The topological polar surface area (TPSA) is 76.2 Å². The molecule has 1 aromatic heterocycles. The number of anilines is 1. The summed E-state index contributed by atoms with van der Waals surface area (Å²) >= 11 is 6.53. The largest absolute Gasteiger partial charge is 0.476 e. The minimum Gasteiger partial charge on any atom is -0.476 e. The van der Waals surface area contributed by atoms with Gasteiger partial charge in [-0.2, -0.15) is 0 Å². The Labute approximate surface area is 104 Å². The van der Waals surface area contributed by atoms with Gasteiger partial charge in [0.1, 0.15) is 15.8 Å². The van der Waals surface area contributed by atoms with Gasteiger partial charge in [-0.25, -0.2) is 14.2 Å². The average molecular weight is 273 g/mol. The van der Waals surface area contributed by atoms with Gasteiger partial charge in [0.05, 0.1) is 0 Å². The molecular weight excluding hydrogens is 267 g/mol. The van der Waals surface area contributed by atoms with E-state index < -0.39 is 11.8 Å². The van der Waals surface area contributed by atoms with Gasteiger partial charge < -0.3 is 10.8 Å². The van der Waals surface area contributed by atoms with Crippen LogP contribution in [0.3, 0.4) is 0 Å². The highest BCUT2D eigenvalue weighted by molar-refractivity contribution is 7.19. The van der Waals surface area contributed by atoms with Crippen LogP contribution in [0.1, 0.15) is 10.5 Å². The van der Waals surface area contributed by atoms with E-state index in [9.17, 15) is 9.18 Å². The number of nitrogens with zero attached hydrogens (tertiary/aromatic N) is 1. The van der Waals surface area contributed by atoms with Crippen molar-refractivity contribution in [1.82, 2.24) is 4.98 Å². The van der Waals surface area contributed by atoms with Gasteiger partial charge in [0.25, 0.3) is 0 Å². The third kappa shape index (κ3) is 2.22. The molecule has 0 bridgehead atoms. The van der Waals surface area contributed by atoms with Crippen molar-refractivity contribution in [1.29, 1.82) is 0 Å². The Kier molecular flexibility index (Phi) is 2.99. The molecule has 0 saturated carbocycles. The van der Waals surface area contributed by atoms with Gasteiger partial charge in [0, 0.05) is 10.6 Å². The average Bonchev–Trinajstić information content (AvgIpc) is 2.60. The predicted octanol–water partition coefficient (Wildman–Crippen LogP) is 2.88. The second-order valence-electron chi connectivity index (χ2n) is 3.16. The highest BCUT2D eigenvalue weighted by Crippen LogP contribution is 2.32. The smallest absolute Gasteiger partial charge is 0.357 e. The minimum atomic E-state index is -1.24. The van der Waals surface area contributed by atoms with Crippen molar-refractivity contribution >= 4 is 33.9 Å². The maximum absolute atomic E-state index is 13.6. The van der Waals surface area contributed by atoms with Crippen LogP contribution < -0.4 is 5.73 Å². The molecule has 0 radical (unpaired) electrons. The Morgan fingerprint density at radius 2 is 2.24 bits per heavy atom. The first-order valence-corrected chi connectivity index (χ1v) is 5.63.